The van der Waals surface area contributed by atoms with Gasteiger partial charge in [0.25, 0.3) is 5.56 Å². The number of rotatable bonds is 1. The van der Waals surface area contributed by atoms with Gasteiger partial charge < -0.3 is 4.98 Å². The number of H-pyrrole nitrogens is 1. The van der Waals surface area contributed by atoms with Crippen molar-refractivity contribution in [3.8, 4) is 17.3 Å². The lowest BCUT2D eigenvalue weighted by molar-refractivity contribution is 0.628. The molecule has 0 fully saturated rings. The number of halogens is 1. The fourth-order valence-corrected chi connectivity index (χ4v) is 1.33. The summed E-state index contributed by atoms with van der Waals surface area (Å²) in [5.74, 6) is -0.531. The summed E-state index contributed by atoms with van der Waals surface area (Å²) in [4.78, 5) is 17.3. The highest BCUT2D eigenvalue weighted by molar-refractivity contribution is 5.60. The summed E-state index contributed by atoms with van der Waals surface area (Å²) in [7, 11) is 0. The Morgan fingerprint density at radius 2 is 2.12 bits per heavy atom. The standard InChI is InChI=1S/C11H6FN3O/c12-9-2-7(5-13)1-8(3-9)10-4-11(16)15-6-14-10/h1-4,6H,(H,14,15,16). The molecule has 0 aliphatic carbocycles. The monoisotopic (exact) mass is 215 g/mol. The Hall–Kier alpha value is -2.48. The highest BCUT2D eigenvalue weighted by Crippen LogP contribution is 2.18. The third-order valence-electron chi connectivity index (χ3n) is 2.00. The molecule has 0 spiro atoms. The van der Waals surface area contributed by atoms with Gasteiger partial charge in [-0.05, 0) is 18.2 Å². The van der Waals surface area contributed by atoms with Crippen LogP contribution in [0.15, 0.2) is 35.4 Å². The van der Waals surface area contributed by atoms with Gasteiger partial charge in [-0.25, -0.2) is 9.37 Å². The van der Waals surface area contributed by atoms with Crippen LogP contribution in [0.1, 0.15) is 5.56 Å². The van der Waals surface area contributed by atoms with Crippen LogP contribution in [0.2, 0.25) is 0 Å². The first-order valence-corrected chi connectivity index (χ1v) is 4.45. The normalized spacial score (nSPS) is 9.75. The molecule has 0 radical (unpaired) electrons. The van der Waals surface area contributed by atoms with Crippen molar-refractivity contribution in [1.29, 1.82) is 5.26 Å². The number of benzene rings is 1. The average molecular weight is 215 g/mol. The van der Waals surface area contributed by atoms with Gasteiger partial charge >= 0.3 is 0 Å². The lowest BCUT2D eigenvalue weighted by Gasteiger charge is -2.00. The molecule has 0 saturated carbocycles. The van der Waals surface area contributed by atoms with Crippen molar-refractivity contribution in [3.63, 3.8) is 0 Å². The van der Waals surface area contributed by atoms with Gasteiger partial charge in [0.05, 0.1) is 23.7 Å². The molecule has 5 heteroatoms. The van der Waals surface area contributed by atoms with E-state index in [2.05, 4.69) is 9.97 Å². The maximum Gasteiger partial charge on any atom is 0.251 e. The van der Waals surface area contributed by atoms with E-state index in [1.54, 1.807) is 0 Å². The van der Waals surface area contributed by atoms with Crippen LogP contribution in [0.25, 0.3) is 11.3 Å². The van der Waals surface area contributed by atoms with Crippen LogP contribution < -0.4 is 5.56 Å². The molecule has 1 N–H and O–H groups in total. The molecule has 0 amide bonds. The Kier molecular flexibility index (Phi) is 2.48. The molecule has 0 aliphatic rings. The number of nitrogens with one attached hydrogen (secondary N) is 1. The second-order valence-electron chi connectivity index (χ2n) is 3.14. The smallest absolute Gasteiger partial charge is 0.251 e. The quantitative estimate of drug-likeness (QED) is 0.782. The molecule has 2 rings (SSSR count). The first-order valence-electron chi connectivity index (χ1n) is 4.45. The van der Waals surface area contributed by atoms with Crippen LogP contribution in [-0.4, -0.2) is 9.97 Å². The van der Waals surface area contributed by atoms with Crippen LogP contribution >= 0.6 is 0 Å². The van der Waals surface area contributed by atoms with Gasteiger partial charge in [0.1, 0.15) is 5.82 Å². The fraction of sp³-hybridized carbons (Fsp3) is 0. The van der Waals surface area contributed by atoms with Gasteiger partial charge in [0.2, 0.25) is 0 Å². The lowest BCUT2D eigenvalue weighted by Crippen LogP contribution is -2.04. The molecule has 1 heterocycles. The summed E-state index contributed by atoms with van der Waals surface area (Å²) >= 11 is 0. The Balaban J connectivity index is 2.61. The van der Waals surface area contributed by atoms with Crippen molar-refractivity contribution in [3.05, 3.63) is 52.3 Å². The molecule has 0 atom stereocenters. The molecule has 4 nitrogen and oxygen atoms in total. The summed E-state index contributed by atoms with van der Waals surface area (Å²) in [6.45, 7) is 0. The molecule has 0 bridgehead atoms. The first kappa shape index (κ1) is 10.1. The summed E-state index contributed by atoms with van der Waals surface area (Å²) < 4.78 is 13.1. The number of nitriles is 1. The number of hydrogen-bond acceptors (Lipinski definition) is 3. The van der Waals surface area contributed by atoms with E-state index in [1.807, 2.05) is 6.07 Å². The van der Waals surface area contributed by atoms with Crippen molar-refractivity contribution in [2.24, 2.45) is 0 Å². The number of aromatic nitrogens is 2. The third kappa shape index (κ3) is 1.96. The molecular formula is C11H6FN3O. The second-order valence-corrected chi connectivity index (χ2v) is 3.14. The summed E-state index contributed by atoms with van der Waals surface area (Å²) in [6, 6.07) is 6.91. The zero-order chi connectivity index (χ0) is 11.5. The predicted octanol–water partition coefficient (Wildman–Crippen LogP) is 1.45. The van der Waals surface area contributed by atoms with Crippen molar-refractivity contribution in [2.75, 3.05) is 0 Å². The first-order chi connectivity index (χ1) is 7.69. The predicted molar refractivity (Wildman–Crippen MR) is 55.0 cm³/mol. The lowest BCUT2D eigenvalue weighted by atomic mass is 10.1. The SMILES string of the molecule is N#Cc1cc(F)cc(-c2cc(=O)[nH]cn2)c1. The summed E-state index contributed by atoms with van der Waals surface area (Å²) in [5.41, 5.74) is 0.604. The molecule has 2 aromatic rings. The van der Waals surface area contributed by atoms with E-state index in [-0.39, 0.29) is 11.1 Å². The van der Waals surface area contributed by atoms with Crippen molar-refractivity contribution in [2.45, 2.75) is 0 Å². The maximum absolute atomic E-state index is 13.1. The Labute approximate surface area is 90.0 Å². The zero-order valence-corrected chi connectivity index (χ0v) is 8.07. The average Bonchev–Trinajstić information content (AvgIpc) is 2.28. The topological polar surface area (TPSA) is 69.5 Å². The molecule has 0 saturated heterocycles. The highest BCUT2D eigenvalue weighted by atomic mass is 19.1. The van der Waals surface area contributed by atoms with Gasteiger partial charge in [-0.15, -0.1) is 0 Å². The Bertz CT molecular complexity index is 628. The van der Waals surface area contributed by atoms with E-state index in [0.717, 1.165) is 6.07 Å². The van der Waals surface area contributed by atoms with Crippen molar-refractivity contribution < 1.29 is 4.39 Å². The summed E-state index contributed by atoms with van der Waals surface area (Å²) in [6.07, 6.45) is 1.23. The van der Waals surface area contributed by atoms with Gasteiger partial charge in [0, 0.05) is 11.6 Å². The number of aromatic amines is 1. The maximum atomic E-state index is 13.1. The minimum atomic E-state index is -0.531. The van der Waals surface area contributed by atoms with E-state index in [9.17, 15) is 9.18 Å². The van der Waals surface area contributed by atoms with Crippen LogP contribution in [0.4, 0.5) is 4.39 Å². The van der Waals surface area contributed by atoms with E-state index in [4.69, 9.17) is 5.26 Å². The number of nitrogens with zero attached hydrogens (tertiary/aromatic N) is 2. The van der Waals surface area contributed by atoms with Crippen LogP contribution in [0, 0.1) is 17.1 Å². The van der Waals surface area contributed by atoms with E-state index < -0.39 is 5.82 Å². The molecule has 16 heavy (non-hydrogen) atoms. The Morgan fingerprint density at radius 3 is 2.81 bits per heavy atom. The summed E-state index contributed by atoms with van der Waals surface area (Å²) in [5, 5.41) is 8.68. The van der Waals surface area contributed by atoms with Crippen molar-refractivity contribution >= 4 is 0 Å². The molecule has 78 valence electrons. The second kappa shape index (κ2) is 3.95. The van der Waals surface area contributed by atoms with Gasteiger partial charge in [-0.2, -0.15) is 5.26 Å². The molecule has 0 aliphatic heterocycles. The number of hydrogen-bond donors (Lipinski definition) is 1. The molecule has 0 unspecified atom stereocenters. The minimum absolute atomic E-state index is 0.192. The van der Waals surface area contributed by atoms with Crippen molar-refractivity contribution in [1.82, 2.24) is 9.97 Å². The van der Waals surface area contributed by atoms with E-state index >= 15 is 0 Å². The highest BCUT2D eigenvalue weighted by Gasteiger charge is 2.04. The van der Waals surface area contributed by atoms with Crippen LogP contribution in [0.5, 0.6) is 0 Å². The molecular weight excluding hydrogens is 209 g/mol. The van der Waals surface area contributed by atoms with Gasteiger partial charge in [-0.1, -0.05) is 0 Å². The van der Waals surface area contributed by atoms with Gasteiger partial charge in [0.15, 0.2) is 0 Å². The third-order valence-corrected chi connectivity index (χ3v) is 2.00. The Morgan fingerprint density at radius 1 is 1.31 bits per heavy atom. The minimum Gasteiger partial charge on any atom is -0.313 e. The molecule has 1 aromatic heterocycles. The van der Waals surface area contributed by atoms with E-state index in [0.29, 0.717) is 11.3 Å². The zero-order valence-electron chi connectivity index (χ0n) is 8.07. The largest absolute Gasteiger partial charge is 0.313 e. The van der Waals surface area contributed by atoms with Crippen LogP contribution in [-0.2, 0) is 0 Å². The molecule has 1 aromatic carbocycles. The van der Waals surface area contributed by atoms with Gasteiger partial charge in [-0.3, -0.25) is 4.79 Å². The fourth-order valence-electron chi connectivity index (χ4n) is 1.33. The van der Waals surface area contributed by atoms with E-state index in [1.165, 1.54) is 24.5 Å². The van der Waals surface area contributed by atoms with Crippen LogP contribution in [0.3, 0.4) is 0 Å².